The van der Waals surface area contributed by atoms with Gasteiger partial charge in [0.15, 0.2) is 0 Å². The van der Waals surface area contributed by atoms with Crippen LogP contribution in [0.15, 0.2) is 48.5 Å². The second kappa shape index (κ2) is 6.52. The Hall–Kier alpha value is -2.49. The lowest BCUT2D eigenvalue weighted by molar-refractivity contribution is 0.0935. The molecule has 0 radical (unpaired) electrons. The first-order valence-corrected chi connectivity index (χ1v) is 7.67. The molecule has 1 aliphatic heterocycles. The normalized spacial score (nSPS) is 16.4. The Labute approximate surface area is 130 Å². The van der Waals surface area contributed by atoms with E-state index in [0.717, 1.165) is 29.8 Å². The molecule has 0 aromatic heterocycles. The highest BCUT2D eigenvalue weighted by atomic mass is 16.5. The molecule has 4 heteroatoms. The summed E-state index contributed by atoms with van der Waals surface area (Å²) in [5.41, 5.74) is 2.51. The zero-order valence-electron chi connectivity index (χ0n) is 12.6. The van der Waals surface area contributed by atoms with Gasteiger partial charge in [0.25, 0.3) is 5.91 Å². The van der Waals surface area contributed by atoms with Crippen LogP contribution in [0.25, 0.3) is 0 Å². The summed E-state index contributed by atoms with van der Waals surface area (Å²) in [6, 6.07) is 15.4. The maximum Gasteiger partial charge on any atom is 0.255 e. The standard InChI is InChI=1S/C18H20N2O2/c1-2-3-11-22-14-8-6-7-13(12-14)17-19-16-10-5-4-9-15(16)18(21)20-17/h4-10,12,17,19H,2-3,11H2,1H3,(H,20,21). The molecule has 0 aliphatic carbocycles. The maximum absolute atomic E-state index is 12.2. The van der Waals surface area contributed by atoms with E-state index in [0.29, 0.717) is 12.2 Å². The number of unbranched alkanes of at least 4 members (excludes halogenated alkanes) is 1. The fourth-order valence-corrected chi connectivity index (χ4v) is 2.49. The number of fused-ring (bicyclic) bond motifs is 1. The van der Waals surface area contributed by atoms with Gasteiger partial charge in [0.05, 0.1) is 12.2 Å². The number of rotatable bonds is 5. The van der Waals surface area contributed by atoms with Gasteiger partial charge in [-0.15, -0.1) is 0 Å². The van der Waals surface area contributed by atoms with Crippen LogP contribution in [0, 0.1) is 0 Å². The maximum atomic E-state index is 12.2. The molecule has 22 heavy (non-hydrogen) atoms. The number of nitrogens with one attached hydrogen (secondary N) is 2. The van der Waals surface area contributed by atoms with Crippen molar-refractivity contribution >= 4 is 11.6 Å². The van der Waals surface area contributed by atoms with Gasteiger partial charge in [0.1, 0.15) is 11.9 Å². The van der Waals surface area contributed by atoms with E-state index in [2.05, 4.69) is 17.6 Å². The Morgan fingerprint density at radius 3 is 2.82 bits per heavy atom. The van der Waals surface area contributed by atoms with Crippen molar-refractivity contribution in [2.24, 2.45) is 0 Å². The Morgan fingerprint density at radius 1 is 1.09 bits per heavy atom. The van der Waals surface area contributed by atoms with Gasteiger partial charge in [-0.25, -0.2) is 0 Å². The van der Waals surface area contributed by atoms with Crippen molar-refractivity contribution in [2.75, 3.05) is 11.9 Å². The van der Waals surface area contributed by atoms with Crippen LogP contribution in [-0.2, 0) is 0 Å². The van der Waals surface area contributed by atoms with E-state index < -0.39 is 0 Å². The van der Waals surface area contributed by atoms with E-state index in [-0.39, 0.29) is 12.1 Å². The summed E-state index contributed by atoms with van der Waals surface area (Å²) >= 11 is 0. The van der Waals surface area contributed by atoms with Crippen molar-refractivity contribution in [3.8, 4) is 5.75 Å². The summed E-state index contributed by atoms with van der Waals surface area (Å²) in [4.78, 5) is 12.2. The molecule has 0 fully saturated rings. The van der Waals surface area contributed by atoms with Crippen LogP contribution in [0.3, 0.4) is 0 Å². The Bertz CT molecular complexity index is 670. The first kappa shape index (κ1) is 14.4. The second-order valence-corrected chi connectivity index (χ2v) is 5.37. The molecule has 0 spiro atoms. The molecule has 1 amide bonds. The van der Waals surface area contributed by atoms with Gasteiger partial charge in [-0.1, -0.05) is 37.6 Å². The summed E-state index contributed by atoms with van der Waals surface area (Å²) in [6.07, 6.45) is 1.91. The molecule has 0 saturated heterocycles. The van der Waals surface area contributed by atoms with Gasteiger partial charge >= 0.3 is 0 Å². The molecule has 0 saturated carbocycles. The van der Waals surface area contributed by atoms with Gasteiger partial charge < -0.3 is 15.4 Å². The zero-order chi connectivity index (χ0) is 15.4. The number of carbonyl (C=O) groups is 1. The Kier molecular flexibility index (Phi) is 4.28. The van der Waals surface area contributed by atoms with Crippen LogP contribution in [0.5, 0.6) is 5.75 Å². The molecule has 1 heterocycles. The third-order valence-corrected chi connectivity index (χ3v) is 3.71. The first-order valence-electron chi connectivity index (χ1n) is 7.67. The lowest BCUT2D eigenvalue weighted by Gasteiger charge is -2.28. The van der Waals surface area contributed by atoms with E-state index in [1.54, 1.807) is 0 Å². The molecular weight excluding hydrogens is 276 g/mol. The average Bonchev–Trinajstić information content (AvgIpc) is 2.55. The summed E-state index contributed by atoms with van der Waals surface area (Å²) < 4.78 is 5.73. The first-order chi connectivity index (χ1) is 10.8. The molecule has 114 valence electrons. The van der Waals surface area contributed by atoms with Gasteiger partial charge in [0.2, 0.25) is 0 Å². The lowest BCUT2D eigenvalue weighted by Crippen LogP contribution is -2.38. The molecule has 2 aromatic carbocycles. The quantitative estimate of drug-likeness (QED) is 0.827. The van der Waals surface area contributed by atoms with E-state index >= 15 is 0 Å². The van der Waals surface area contributed by atoms with Crippen molar-refractivity contribution < 1.29 is 9.53 Å². The Balaban J connectivity index is 1.78. The monoisotopic (exact) mass is 296 g/mol. The number of para-hydroxylation sites is 1. The largest absolute Gasteiger partial charge is 0.494 e. The van der Waals surface area contributed by atoms with Crippen LogP contribution >= 0.6 is 0 Å². The van der Waals surface area contributed by atoms with Crippen molar-refractivity contribution in [2.45, 2.75) is 25.9 Å². The van der Waals surface area contributed by atoms with Crippen LogP contribution in [-0.4, -0.2) is 12.5 Å². The van der Waals surface area contributed by atoms with E-state index in [1.165, 1.54) is 0 Å². The molecule has 0 bridgehead atoms. The SMILES string of the molecule is CCCCOc1cccc(C2NC(=O)c3ccccc3N2)c1. The molecule has 3 rings (SSSR count). The molecular formula is C18H20N2O2. The minimum absolute atomic E-state index is 0.0587. The van der Waals surface area contributed by atoms with Gasteiger partial charge in [0, 0.05) is 5.69 Å². The van der Waals surface area contributed by atoms with Gasteiger partial charge in [-0.05, 0) is 36.2 Å². The second-order valence-electron chi connectivity index (χ2n) is 5.37. The highest BCUT2D eigenvalue weighted by Crippen LogP contribution is 2.27. The zero-order valence-corrected chi connectivity index (χ0v) is 12.6. The van der Waals surface area contributed by atoms with E-state index in [4.69, 9.17) is 4.74 Å². The fraction of sp³-hybridized carbons (Fsp3) is 0.278. The van der Waals surface area contributed by atoms with Gasteiger partial charge in [-0.2, -0.15) is 0 Å². The molecule has 2 N–H and O–H groups in total. The van der Waals surface area contributed by atoms with Crippen molar-refractivity contribution in [1.82, 2.24) is 5.32 Å². The smallest absolute Gasteiger partial charge is 0.255 e. The number of benzene rings is 2. The summed E-state index contributed by atoms with van der Waals surface area (Å²) in [6.45, 7) is 2.85. The van der Waals surface area contributed by atoms with Crippen LogP contribution < -0.4 is 15.4 Å². The summed E-state index contributed by atoms with van der Waals surface area (Å²) in [5.74, 6) is 0.775. The minimum Gasteiger partial charge on any atom is -0.494 e. The van der Waals surface area contributed by atoms with Crippen molar-refractivity contribution in [3.63, 3.8) is 0 Å². The number of hydrogen-bond donors (Lipinski definition) is 2. The topological polar surface area (TPSA) is 50.4 Å². The predicted octanol–water partition coefficient (Wildman–Crippen LogP) is 3.72. The molecule has 2 aromatic rings. The van der Waals surface area contributed by atoms with Crippen LogP contribution in [0.1, 0.15) is 41.9 Å². The van der Waals surface area contributed by atoms with Crippen LogP contribution in [0.4, 0.5) is 5.69 Å². The number of anilines is 1. The summed E-state index contributed by atoms with van der Waals surface area (Å²) in [5, 5.41) is 6.33. The minimum atomic E-state index is -0.239. The molecule has 1 aliphatic rings. The highest BCUT2D eigenvalue weighted by Gasteiger charge is 2.24. The van der Waals surface area contributed by atoms with Crippen molar-refractivity contribution in [1.29, 1.82) is 0 Å². The Morgan fingerprint density at radius 2 is 1.95 bits per heavy atom. The van der Waals surface area contributed by atoms with E-state index in [9.17, 15) is 4.79 Å². The number of amides is 1. The molecule has 4 nitrogen and oxygen atoms in total. The molecule has 1 atom stereocenters. The summed E-state index contributed by atoms with van der Waals surface area (Å²) in [7, 11) is 0. The number of carbonyl (C=O) groups excluding carboxylic acids is 1. The third kappa shape index (κ3) is 3.06. The highest BCUT2D eigenvalue weighted by molar-refractivity contribution is 6.01. The lowest BCUT2D eigenvalue weighted by atomic mass is 10.1. The predicted molar refractivity (Wildman–Crippen MR) is 87.1 cm³/mol. The van der Waals surface area contributed by atoms with Crippen molar-refractivity contribution in [3.05, 3.63) is 59.7 Å². The fourth-order valence-electron chi connectivity index (χ4n) is 2.49. The third-order valence-electron chi connectivity index (χ3n) is 3.71. The number of hydrogen-bond acceptors (Lipinski definition) is 3. The number of ether oxygens (including phenoxy) is 1. The average molecular weight is 296 g/mol. The van der Waals surface area contributed by atoms with E-state index in [1.807, 2.05) is 48.5 Å². The van der Waals surface area contributed by atoms with Gasteiger partial charge in [-0.3, -0.25) is 4.79 Å². The van der Waals surface area contributed by atoms with Crippen LogP contribution in [0.2, 0.25) is 0 Å². The molecule has 1 unspecified atom stereocenters.